The zero-order chi connectivity index (χ0) is 24.0. The van der Waals surface area contributed by atoms with Crippen LogP contribution in [0, 0.1) is 19.8 Å². The van der Waals surface area contributed by atoms with Crippen LogP contribution in [0.2, 0.25) is 0 Å². The van der Waals surface area contributed by atoms with Gasteiger partial charge in [0.2, 0.25) is 11.7 Å². The number of rotatable bonds is 10. The molecule has 0 radical (unpaired) electrons. The summed E-state index contributed by atoms with van der Waals surface area (Å²) < 4.78 is 11.3. The van der Waals surface area contributed by atoms with Crippen LogP contribution < -0.4 is 10.1 Å². The van der Waals surface area contributed by atoms with Crippen LogP contribution >= 0.6 is 0 Å². The highest BCUT2D eigenvalue weighted by Crippen LogP contribution is 2.30. The summed E-state index contributed by atoms with van der Waals surface area (Å²) in [5, 5.41) is 25.2. The number of aliphatic hydroxyl groups excluding tert-OH is 2. The number of aryl methyl sites for hydroxylation is 2. The van der Waals surface area contributed by atoms with E-state index in [1.165, 1.54) is 5.56 Å². The second-order valence-electron chi connectivity index (χ2n) is 8.58. The lowest BCUT2D eigenvalue weighted by atomic mass is 10.0. The fourth-order valence-corrected chi connectivity index (χ4v) is 3.55. The summed E-state index contributed by atoms with van der Waals surface area (Å²) >= 11 is 0. The van der Waals surface area contributed by atoms with Crippen LogP contribution in [0.1, 0.15) is 30.5 Å². The molecule has 2 aromatic carbocycles. The third kappa shape index (κ3) is 6.63. The highest BCUT2D eigenvalue weighted by molar-refractivity contribution is 5.76. The molecule has 0 fully saturated rings. The quantitative estimate of drug-likeness (QED) is 0.432. The minimum absolute atomic E-state index is 0.000339. The maximum absolute atomic E-state index is 11.1. The van der Waals surface area contributed by atoms with Crippen LogP contribution in [-0.4, -0.2) is 52.1 Å². The van der Waals surface area contributed by atoms with E-state index in [0.29, 0.717) is 23.4 Å². The van der Waals surface area contributed by atoms with Gasteiger partial charge in [-0.1, -0.05) is 31.1 Å². The van der Waals surface area contributed by atoms with Gasteiger partial charge in [-0.05, 0) is 67.1 Å². The summed E-state index contributed by atoms with van der Waals surface area (Å²) in [6.07, 6.45) is 0.127. The van der Waals surface area contributed by atoms with E-state index in [1.54, 1.807) is 0 Å². The van der Waals surface area contributed by atoms with Crippen molar-refractivity contribution in [2.75, 3.05) is 19.8 Å². The maximum Gasteiger partial charge on any atom is 0.258 e. The summed E-state index contributed by atoms with van der Waals surface area (Å²) in [7, 11) is 0. The SMILES string of the molecule is Cc1cc(-c2noc(-c3ccc(CC(C)C)cc3)n2)cc(C)c1OC[C@H](O)CNC(=O)CO. The topological polar surface area (TPSA) is 118 Å². The van der Waals surface area contributed by atoms with Gasteiger partial charge in [0.25, 0.3) is 5.89 Å². The van der Waals surface area contributed by atoms with Gasteiger partial charge >= 0.3 is 0 Å². The van der Waals surface area contributed by atoms with Gasteiger partial charge < -0.3 is 24.8 Å². The first-order valence-electron chi connectivity index (χ1n) is 11.0. The number of aromatic nitrogens is 2. The predicted molar refractivity (Wildman–Crippen MR) is 125 cm³/mol. The highest BCUT2D eigenvalue weighted by atomic mass is 16.5. The van der Waals surface area contributed by atoms with Crippen LogP contribution in [0.3, 0.4) is 0 Å². The Kier molecular flexibility index (Phi) is 8.19. The number of benzene rings is 2. The molecular formula is C25H31N3O5. The Hall–Kier alpha value is -3.23. The van der Waals surface area contributed by atoms with Crippen LogP contribution in [0.15, 0.2) is 40.9 Å². The van der Waals surface area contributed by atoms with Crippen molar-refractivity contribution < 1.29 is 24.3 Å². The first-order chi connectivity index (χ1) is 15.8. The molecule has 1 aromatic heterocycles. The van der Waals surface area contributed by atoms with Crippen LogP contribution in [0.4, 0.5) is 0 Å². The molecule has 0 unspecified atom stereocenters. The molecule has 1 amide bonds. The average molecular weight is 454 g/mol. The first-order valence-corrected chi connectivity index (χ1v) is 11.0. The van der Waals surface area contributed by atoms with Crippen molar-refractivity contribution in [3.05, 3.63) is 53.1 Å². The van der Waals surface area contributed by atoms with Gasteiger partial charge in [0, 0.05) is 17.7 Å². The molecule has 1 atom stereocenters. The number of ether oxygens (including phenoxy) is 1. The standard InChI is InChI=1S/C25H31N3O5/c1-15(2)9-18-5-7-19(8-6-18)25-27-24(28-33-25)20-10-16(3)23(17(4)11-20)32-14-21(30)12-26-22(31)13-29/h5-8,10-11,15,21,29-30H,9,12-14H2,1-4H3,(H,26,31)/t21-/m1/s1. The third-order valence-electron chi connectivity index (χ3n) is 5.09. The third-order valence-corrected chi connectivity index (χ3v) is 5.09. The second-order valence-corrected chi connectivity index (χ2v) is 8.58. The van der Waals surface area contributed by atoms with E-state index in [-0.39, 0.29) is 13.2 Å². The number of nitrogens with zero attached hydrogens (tertiary/aromatic N) is 2. The monoisotopic (exact) mass is 453 g/mol. The molecule has 0 aliphatic heterocycles. The summed E-state index contributed by atoms with van der Waals surface area (Å²) in [6.45, 7) is 7.58. The smallest absolute Gasteiger partial charge is 0.258 e. The fraction of sp³-hybridized carbons (Fsp3) is 0.400. The van der Waals surface area contributed by atoms with Crippen molar-refractivity contribution in [2.24, 2.45) is 5.92 Å². The largest absolute Gasteiger partial charge is 0.490 e. The van der Waals surface area contributed by atoms with Crippen molar-refractivity contribution in [3.63, 3.8) is 0 Å². The minimum Gasteiger partial charge on any atom is -0.490 e. The Labute approximate surface area is 193 Å². The Bertz CT molecular complexity index is 1050. The van der Waals surface area contributed by atoms with Crippen molar-refractivity contribution >= 4 is 5.91 Å². The normalized spacial score (nSPS) is 12.1. The molecule has 8 heteroatoms. The van der Waals surface area contributed by atoms with Crippen LogP contribution in [0.5, 0.6) is 5.75 Å². The maximum atomic E-state index is 11.1. The molecule has 0 aliphatic carbocycles. The number of nitrogens with one attached hydrogen (secondary N) is 1. The zero-order valence-corrected chi connectivity index (χ0v) is 19.5. The van der Waals surface area contributed by atoms with Gasteiger partial charge in [-0.25, -0.2) is 0 Å². The molecule has 3 rings (SSSR count). The van der Waals surface area contributed by atoms with Gasteiger partial charge in [0.15, 0.2) is 0 Å². The minimum atomic E-state index is -0.898. The van der Waals surface area contributed by atoms with E-state index in [1.807, 2.05) is 38.1 Å². The van der Waals surface area contributed by atoms with E-state index in [0.717, 1.165) is 28.7 Å². The molecule has 0 aliphatic rings. The summed E-state index contributed by atoms with van der Waals surface area (Å²) in [4.78, 5) is 15.6. The molecule has 0 saturated heterocycles. The van der Waals surface area contributed by atoms with Gasteiger partial charge in [0.1, 0.15) is 25.1 Å². The number of hydrogen-bond acceptors (Lipinski definition) is 7. The molecule has 1 heterocycles. The van der Waals surface area contributed by atoms with Crippen molar-refractivity contribution in [2.45, 2.75) is 40.2 Å². The van der Waals surface area contributed by atoms with E-state index >= 15 is 0 Å². The average Bonchev–Trinajstić information content (AvgIpc) is 3.27. The second kappa shape index (κ2) is 11.1. The van der Waals surface area contributed by atoms with Gasteiger partial charge in [-0.3, -0.25) is 4.79 Å². The fourth-order valence-electron chi connectivity index (χ4n) is 3.55. The lowest BCUT2D eigenvalue weighted by Gasteiger charge is -2.16. The van der Waals surface area contributed by atoms with Crippen LogP contribution in [0.25, 0.3) is 22.8 Å². The number of aliphatic hydroxyl groups is 2. The van der Waals surface area contributed by atoms with E-state index < -0.39 is 18.6 Å². The molecule has 3 N–H and O–H groups in total. The zero-order valence-electron chi connectivity index (χ0n) is 19.5. The van der Waals surface area contributed by atoms with E-state index in [2.05, 4.69) is 41.4 Å². The highest BCUT2D eigenvalue weighted by Gasteiger charge is 2.15. The van der Waals surface area contributed by atoms with Crippen molar-refractivity contribution in [1.29, 1.82) is 0 Å². The lowest BCUT2D eigenvalue weighted by Crippen LogP contribution is -2.36. The summed E-state index contributed by atoms with van der Waals surface area (Å²) in [5.74, 6) is 1.65. The molecule has 33 heavy (non-hydrogen) atoms. The van der Waals surface area contributed by atoms with Gasteiger partial charge in [-0.2, -0.15) is 4.98 Å². The Morgan fingerprint density at radius 2 is 1.79 bits per heavy atom. The molecule has 3 aromatic rings. The summed E-state index contributed by atoms with van der Waals surface area (Å²) in [6, 6.07) is 12.0. The first kappa shape index (κ1) is 24.4. The van der Waals surface area contributed by atoms with E-state index in [4.69, 9.17) is 14.4 Å². The molecule has 0 bridgehead atoms. The number of carbonyl (C=O) groups is 1. The molecular weight excluding hydrogens is 422 g/mol. The predicted octanol–water partition coefficient (Wildman–Crippen LogP) is 3.07. The Morgan fingerprint density at radius 1 is 1.12 bits per heavy atom. The van der Waals surface area contributed by atoms with Gasteiger partial charge in [-0.15, -0.1) is 0 Å². The van der Waals surface area contributed by atoms with Crippen molar-refractivity contribution in [1.82, 2.24) is 15.5 Å². The number of hydrogen-bond donors (Lipinski definition) is 3. The Balaban J connectivity index is 1.68. The van der Waals surface area contributed by atoms with Crippen molar-refractivity contribution in [3.8, 4) is 28.6 Å². The molecule has 8 nitrogen and oxygen atoms in total. The number of amides is 1. The molecule has 0 spiro atoms. The molecule has 0 saturated carbocycles. The van der Waals surface area contributed by atoms with E-state index in [9.17, 15) is 9.90 Å². The summed E-state index contributed by atoms with van der Waals surface area (Å²) in [5.41, 5.74) is 4.68. The Morgan fingerprint density at radius 3 is 2.39 bits per heavy atom. The lowest BCUT2D eigenvalue weighted by molar-refractivity contribution is -0.124. The number of carbonyl (C=O) groups excluding carboxylic acids is 1. The van der Waals surface area contributed by atoms with Gasteiger partial charge in [0.05, 0.1) is 0 Å². The molecule has 176 valence electrons. The van der Waals surface area contributed by atoms with Crippen LogP contribution in [-0.2, 0) is 11.2 Å².